The van der Waals surface area contributed by atoms with Crippen LogP contribution < -0.4 is 22.1 Å². The Labute approximate surface area is 156 Å². The van der Waals surface area contributed by atoms with Crippen molar-refractivity contribution in [2.24, 2.45) is 0 Å². The van der Waals surface area contributed by atoms with Gasteiger partial charge in [-0.25, -0.2) is 9.59 Å². The summed E-state index contributed by atoms with van der Waals surface area (Å²) in [6.07, 6.45) is 0. The van der Waals surface area contributed by atoms with Gasteiger partial charge in [-0.1, -0.05) is 36.4 Å². The monoisotopic (exact) mass is 376 g/mol. The number of carbonyl (C=O) groups excluding carboxylic acids is 2. The normalized spacial score (nSPS) is 10.7. The molecule has 8 nitrogen and oxygen atoms in total. The number of hydrogen-bond donors (Lipinski definition) is 2. The molecule has 0 radical (unpaired) electrons. The summed E-state index contributed by atoms with van der Waals surface area (Å²) in [7, 11) is 0. The average molecular weight is 376 g/mol. The molecule has 2 N–H and O–H groups in total. The van der Waals surface area contributed by atoms with E-state index in [9.17, 15) is 19.2 Å². The van der Waals surface area contributed by atoms with Crippen LogP contribution in [0.2, 0.25) is 0 Å². The number of hydrazine groups is 1. The molecule has 2 aromatic heterocycles. The third-order valence-electron chi connectivity index (χ3n) is 4.06. The zero-order chi connectivity index (χ0) is 19.7. The summed E-state index contributed by atoms with van der Waals surface area (Å²) in [5.74, 6) is -1.75. The van der Waals surface area contributed by atoms with Crippen LogP contribution in [-0.4, -0.2) is 11.8 Å². The van der Waals surface area contributed by atoms with E-state index in [0.29, 0.717) is 21.9 Å². The Kier molecular flexibility index (Phi) is 4.21. The predicted octanol–water partition coefficient (Wildman–Crippen LogP) is 1.97. The zero-order valence-corrected chi connectivity index (χ0v) is 14.2. The maximum Gasteiger partial charge on any atom is 0.349 e. The van der Waals surface area contributed by atoms with Crippen LogP contribution in [-0.2, 0) is 0 Å². The molecular formula is C20H12N2O6. The van der Waals surface area contributed by atoms with Crippen LogP contribution in [0.3, 0.4) is 0 Å². The van der Waals surface area contributed by atoms with Gasteiger partial charge in [-0.15, -0.1) is 0 Å². The first-order chi connectivity index (χ1) is 13.5. The summed E-state index contributed by atoms with van der Waals surface area (Å²) in [5, 5.41) is 1.10. The third kappa shape index (κ3) is 3.14. The lowest BCUT2D eigenvalue weighted by molar-refractivity contribution is 0.0842. The van der Waals surface area contributed by atoms with Gasteiger partial charge in [-0.05, 0) is 24.3 Å². The van der Waals surface area contributed by atoms with Crippen molar-refractivity contribution in [2.45, 2.75) is 0 Å². The largest absolute Gasteiger partial charge is 0.422 e. The highest BCUT2D eigenvalue weighted by molar-refractivity contribution is 6.01. The fourth-order valence-electron chi connectivity index (χ4n) is 2.69. The second-order valence-electron chi connectivity index (χ2n) is 5.88. The Hall–Kier alpha value is -4.20. The van der Waals surface area contributed by atoms with Crippen molar-refractivity contribution in [3.05, 3.63) is 92.6 Å². The minimum absolute atomic E-state index is 0.287. The minimum Gasteiger partial charge on any atom is -0.422 e. The van der Waals surface area contributed by atoms with Gasteiger partial charge in [0.25, 0.3) is 11.8 Å². The van der Waals surface area contributed by atoms with E-state index in [2.05, 4.69) is 10.9 Å². The molecule has 0 saturated carbocycles. The van der Waals surface area contributed by atoms with Gasteiger partial charge in [0.2, 0.25) is 0 Å². The van der Waals surface area contributed by atoms with Crippen molar-refractivity contribution in [2.75, 3.05) is 0 Å². The molecule has 0 atom stereocenters. The molecule has 2 amide bonds. The van der Waals surface area contributed by atoms with Crippen molar-refractivity contribution < 1.29 is 18.4 Å². The maximum atomic E-state index is 12.3. The summed E-state index contributed by atoms with van der Waals surface area (Å²) in [6, 6.07) is 16.1. The van der Waals surface area contributed by atoms with E-state index in [4.69, 9.17) is 8.83 Å². The Morgan fingerprint density at radius 3 is 1.46 bits per heavy atom. The molecule has 0 aliphatic rings. The number of carbonyl (C=O) groups is 2. The molecule has 0 unspecified atom stereocenters. The fourth-order valence-corrected chi connectivity index (χ4v) is 2.69. The number of para-hydroxylation sites is 2. The summed E-state index contributed by atoms with van der Waals surface area (Å²) < 4.78 is 10.2. The fraction of sp³-hybridized carbons (Fsp3) is 0. The summed E-state index contributed by atoms with van der Waals surface area (Å²) >= 11 is 0. The molecule has 0 spiro atoms. The van der Waals surface area contributed by atoms with Gasteiger partial charge in [0.05, 0.1) is 0 Å². The Bertz CT molecular complexity index is 1250. The van der Waals surface area contributed by atoms with Crippen molar-refractivity contribution in [3.63, 3.8) is 0 Å². The number of nitrogens with one attached hydrogen (secondary N) is 2. The number of benzene rings is 2. The highest BCUT2D eigenvalue weighted by atomic mass is 16.4. The molecule has 0 aliphatic carbocycles. The quantitative estimate of drug-likeness (QED) is 0.408. The molecule has 0 saturated heterocycles. The van der Waals surface area contributed by atoms with Gasteiger partial charge in [0.1, 0.15) is 22.3 Å². The van der Waals surface area contributed by atoms with Crippen LogP contribution in [0.4, 0.5) is 0 Å². The first-order valence-electron chi connectivity index (χ1n) is 8.19. The first kappa shape index (κ1) is 17.2. The summed E-state index contributed by atoms with van der Waals surface area (Å²) in [6.45, 7) is 0. The lowest BCUT2D eigenvalue weighted by Gasteiger charge is -2.07. The van der Waals surface area contributed by atoms with Gasteiger partial charge >= 0.3 is 11.3 Å². The van der Waals surface area contributed by atoms with Gasteiger partial charge in [-0.3, -0.25) is 20.4 Å². The second-order valence-corrected chi connectivity index (χ2v) is 5.88. The third-order valence-corrected chi connectivity index (χ3v) is 4.06. The van der Waals surface area contributed by atoms with E-state index in [1.54, 1.807) is 48.5 Å². The Morgan fingerprint density at radius 1 is 0.643 bits per heavy atom. The highest BCUT2D eigenvalue weighted by Gasteiger charge is 2.17. The first-order valence-corrected chi connectivity index (χ1v) is 8.19. The van der Waals surface area contributed by atoms with E-state index >= 15 is 0 Å². The average Bonchev–Trinajstić information content (AvgIpc) is 2.70. The van der Waals surface area contributed by atoms with Crippen molar-refractivity contribution in [1.29, 1.82) is 0 Å². The SMILES string of the molecule is O=C(NNC(=O)c1cc2ccccc2oc1=O)c1cc2ccccc2oc1=O. The lowest BCUT2D eigenvalue weighted by atomic mass is 10.2. The summed E-state index contributed by atoms with van der Waals surface area (Å²) in [5.41, 5.74) is 2.59. The van der Waals surface area contributed by atoms with Crippen LogP contribution in [0.5, 0.6) is 0 Å². The number of rotatable bonds is 2. The summed E-state index contributed by atoms with van der Waals surface area (Å²) in [4.78, 5) is 48.5. The van der Waals surface area contributed by atoms with Crippen LogP contribution in [0, 0.1) is 0 Å². The van der Waals surface area contributed by atoms with Crippen LogP contribution in [0.25, 0.3) is 21.9 Å². The Balaban J connectivity index is 1.56. The van der Waals surface area contributed by atoms with E-state index in [0.717, 1.165) is 0 Å². The van der Waals surface area contributed by atoms with Crippen molar-refractivity contribution in [1.82, 2.24) is 10.9 Å². The maximum absolute atomic E-state index is 12.3. The van der Waals surface area contributed by atoms with Crippen LogP contribution >= 0.6 is 0 Å². The topological polar surface area (TPSA) is 119 Å². The lowest BCUT2D eigenvalue weighted by Crippen LogP contribution is -2.44. The molecule has 4 rings (SSSR count). The number of hydrogen-bond acceptors (Lipinski definition) is 6. The molecular weight excluding hydrogens is 364 g/mol. The molecule has 8 heteroatoms. The molecule has 138 valence electrons. The van der Waals surface area contributed by atoms with E-state index in [1.165, 1.54) is 12.1 Å². The van der Waals surface area contributed by atoms with E-state index in [1.807, 2.05) is 0 Å². The standard InChI is InChI=1S/C20H12N2O6/c23-17(13-9-11-5-1-3-7-15(11)27-19(13)25)21-22-18(24)14-10-12-6-2-4-8-16(12)28-20(14)26/h1-10H,(H,21,23)(H,22,24). The van der Waals surface area contributed by atoms with E-state index < -0.39 is 23.1 Å². The molecule has 0 bridgehead atoms. The molecule has 4 aromatic rings. The van der Waals surface area contributed by atoms with Crippen LogP contribution in [0.1, 0.15) is 20.7 Å². The minimum atomic E-state index is -0.877. The molecule has 2 aromatic carbocycles. The van der Waals surface area contributed by atoms with Crippen molar-refractivity contribution >= 4 is 33.8 Å². The van der Waals surface area contributed by atoms with Crippen LogP contribution in [0.15, 0.2) is 79.1 Å². The van der Waals surface area contributed by atoms with Gasteiger partial charge in [0, 0.05) is 10.8 Å². The number of amides is 2. The van der Waals surface area contributed by atoms with Crippen molar-refractivity contribution in [3.8, 4) is 0 Å². The smallest absolute Gasteiger partial charge is 0.349 e. The second kappa shape index (κ2) is 6.84. The highest BCUT2D eigenvalue weighted by Crippen LogP contribution is 2.13. The molecule has 2 heterocycles. The molecule has 0 fully saturated rings. The van der Waals surface area contributed by atoms with E-state index in [-0.39, 0.29) is 11.1 Å². The zero-order valence-electron chi connectivity index (χ0n) is 14.2. The van der Waals surface area contributed by atoms with Gasteiger partial charge < -0.3 is 8.83 Å². The Morgan fingerprint density at radius 2 is 1.04 bits per heavy atom. The van der Waals surface area contributed by atoms with Gasteiger partial charge in [-0.2, -0.15) is 0 Å². The number of fused-ring (bicyclic) bond motifs is 2. The van der Waals surface area contributed by atoms with Gasteiger partial charge in [0.15, 0.2) is 0 Å². The predicted molar refractivity (Wildman–Crippen MR) is 99.9 cm³/mol. The molecule has 0 aliphatic heterocycles. The molecule has 28 heavy (non-hydrogen) atoms.